The normalized spacial score (nSPS) is 21.0. The van der Waals surface area contributed by atoms with Gasteiger partial charge in [-0.3, -0.25) is 14.4 Å². The van der Waals surface area contributed by atoms with Crippen molar-refractivity contribution in [2.45, 2.75) is 24.9 Å². The summed E-state index contributed by atoms with van der Waals surface area (Å²) in [4.78, 5) is 46.5. The van der Waals surface area contributed by atoms with Gasteiger partial charge in [0.2, 0.25) is 0 Å². The molecule has 0 aromatic heterocycles. The second kappa shape index (κ2) is 9.96. The number of hydrogen-bond acceptors (Lipinski definition) is 6. The SMILES string of the molecule is COc1ccc(OC)c(C2C(C(=O)c3ccc(C)cc3)N3c4ccc(Cl)cc4C=CC3C23C(=O)c2ccccc2C3=O)c1. The van der Waals surface area contributed by atoms with Gasteiger partial charge in [-0.25, -0.2) is 0 Å². The lowest BCUT2D eigenvalue weighted by Gasteiger charge is -2.37. The summed E-state index contributed by atoms with van der Waals surface area (Å²) in [6, 6.07) is 23.4. The van der Waals surface area contributed by atoms with Crippen molar-refractivity contribution in [3.05, 3.63) is 129 Å². The molecular weight excluding hydrogens is 562 g/mol. The maximum atomic E-state index is 14.9. The first-order valence-corrected chi connectivity index (χ1v) is 14.5. The lowest BCUT2D eigenvalue weighted by Crippen LogP contribution is -2.48. The quantitative estimate of drug-likeness (QED) is 0.185. The van der Waals surface area contributed by atoms with Crippen molar-refractivity contribution in [1.82, 2.24) is 0 Å². The van der Waals surface area contributed by atoms with Gasteiger partial charge in [-0.2, -0.15) is 0 Å². The fourth-order valence-corrected chi connectivity index (χ4v) is 7.44. The third-order valence-corrected chi connectivity index (χ3v) is 9.38. The lowest BCUT2D eigenvalue weighted by molar-refractivity contribution is 0.0664. The monoisotopic (exact) mass is 589 g/mol. The summed E-state index contributed by atoms with van der Waals surface area (Å²) >= 11 is 6.40. The van der Waals surface area contributed by atoms with Gasteiger partial charge in [0, 0.05) is 38.9 Å². The van der Waals surface area contributed by atoms with Crippen LogP contribution in [0.2, 0.25) is 5.02 Å². The summed E-state index contributed by atoms with van der Waals surface area (Å²) in [5, 5.41) is 0.545. The largest absolute Gasteiger partial charge is 0.497 e. The average molecular weight is 590 g/mol. The Kier molecular flexibility index (Phi) is 6.29. The number of methoxy groups -OCH3 is 2. The summed E-state index contributed by atoms with van der Waals surface area (Å²) in [6.45, 7) is 1.96. The Morgan fingerprint density at radius 1 is 0.860 bits per heavy atom. The van der Waals surface area contributed by atoms with Crippen LogP contribution in [0.5, 0.6) is 11.5 Å². The summed E-state index contributed by atoms with van der Waals surface area (Å²) in [7, 11) is 3.10. The molecule has 214 valence electrons. The van der Waals surface area contributed by atoms with Crippen LogP contribution in [0.3, 0.4) is 0 Å². The van der Waals surface area contributed by atoms with E-state index in [2.05, 4.69) is 0 Å². The third kappa shape index (κ3) is 3.76. The Hall–Kier alpha value is -4.68. The first kappa shape index (κ1) is 27.2. The van der Waals surface area contributed by atoms with E-state index in [0.29, 0.717) is 38.8 Å². The van der Waals surface area contributed by atoms with Gasteiger partial charge in [-0.05, 0) is 48.9 Å². The van der Waals surface area contributed by atoms with E-state index in [4.69, 9.17) is 21.1 Å². The lowest BCUT2D eigenvalue weighted by atomic mass is 9.64. The first-order valence-electron chi connectivity index (χ1n) is 14.1. The van der Waals surface area contributed by atoms with E-state index in [0.717, 1.165) is 16.8 Å². The molecule has 3 unspecified atom stereocenters. The highest BCUT2D eigenvalue weighted by atomic mass is 35.5. The zero-order chi connectivity index (χ0) is 30.0. The van der Waals surface area contributed by atoms with Gasteiger partial charge in [0.25, 0.3) is 0 Å². The molecule has 1 saturated heterocycles. The van der Waals surface area contributed by atoms with E-state index < -0.39 is 23.4 Å². The van der Waals surface area contributed by atoms with Crippen molar-refractivity contribution in [3.63, 3.8) is 0 Å². The van der Waals surface area contributed by atoms with Crippen LogP contribution < -0.4 is 14.4 Å². The highest BCUT2D eigenvalue weighted by molar-refractivity contribution is 6.33. The number of aryl methyl sites for hydroxylation is 1. The highest BCUT2D eigenvalue weighted by Crippen LogP contribution is 2.62. The van der Waals surface area contributed by atoms with Crippen molar-refractivity contribution in [3.8, 4) is 11.5 Å². The van der Waals surface area contributed by atoms with Crippen molar-refractivity contribution in [2.75, 3.05) is 19.1 Å². The molecule has 0 N–H and O–H groups in total. The average Bonchev–Trinajstić information content (AvgIpc) is 3.46. The molecule has 3 atom stereocenters. The van der Waals surface area contributed by atoms with Gasteiger partial charge in [0.1, 0.15) is 23.0 Å². The van der Waals surface area contributed by atoms with Gasteiger partial charge in [-0.15, -0.1) is 0 Å². The van der Waals surface area contributed by atoms with Crippen LogP contribution in [0, 0.1) is 12.3 Å². The second-order valence-corrected chi connectivity index (χ2v) is 11.7. The molecule has 43 heavy (non-hydrogen) atoms. The predicted octanol–water partition coefficient (Wildman–Crippen LogP) is 6.98. The zero-order valence-electron chi connectivity index (χ0n) is 23.8. The molecular formula is C36H28ClNO5. The number of carbonyl (C=O) groups is 3. The molecule has 7 heteroatoms. The smallest absolute Gasteiger partial charge is 0.185 e. The van der Waals surface area contributed by atoms with E-state index >= 15 is 0 Å². The highest BCUT2D eigenvalue weighted by Gasteiger charge is 2.72. The molecule has 2 heterocycles. The van der Waals surface area contributed by atoms with Crippen molar-refractivity contribution >= 4 is 40.7 Å². The Morgan fingerprint density at radius 2 is 1.56 bits per heavy atom. The number of carbonyl (C=O) groups excluding carboxylic acids is 3. The summed E-state index contributed by atoms with van der Waals surface area (Å²) in [6.07, 6.45) is 3.77. The molecule has 0 bridgehead atoms. The molecule has 0 saturated carbocycles. The molecule has 4 aromatic rings. The molecule has 6 nitrogen and oxygen atoms in total. The summed E-state index contributed by atoms with van der Waals surface area (Å²) in [5.41, 5.74) is 2.65. The number of hydrogen-bond donors (Lipinski definition) is 0. The van der Waals surface area contributed by atoms with Crippen molar-refractivity contribution in [1.29, 1.82) is 0 Å². The maximum Gasteiger partial charge on any atom is 0.185 e. The standard InChI is InChI=1S/C36H28ClNO5/c1-20-8-10-21(11-9-20)33(39)32-31(27-19-24(42-2)14-16-29(27)43-3)36(34(40)25-6-4-5-7-26(25)35(36)41)30-17-12-22-18-23(37)13-15-28(22)38(30)32/h4-19,30-32H,1-3H3. The van der Waals surface area contributed by atoms with E-state index in [1.165, 1.54) is 0 Å². The molecule has 4 aromatic carbocycles. The Morgan fingerprint density at radius 3 is 2.21 bits per heavy atom. The van der Waals surface area contributed by atoms with Gasteiger partial charge in [0.15, 0.2) is 17.3 Å². The van der Waals surface area contributed by atoms with E-state index in [9.17, 15) is 14.4 Å². The van der Waals surface area contributed by atoms with Gasteiger partial charge in [0.05, 0.1) is 20.3 Å². The molecule has 0 radical (unpaired) electrons. The minimum atomic E-state index is -1.65. The summed E-state index contributed by atoms with van der Waals surface area (Å²) < 4.78 is 11.5. The third-order valence-electron chi connectivity index (χ3n) is 9.14. The fourth-order valence-electron chi connectivity index (χ4n) is 7.26. The number of benzene rings is 4. The Balaban J connectivity index is 1.58. The van der Waals surface area contributed by atoms with Crippen LogP contribution in [0.15, 0.2) is 91.0 Å². The van der Waals surface area contributed by atoms with Gasteiger partial charge >= 0.3 is 0 Å². The van der Waals surface area contributed by atoms with Crippen molar-refractivity contribution in [2.24, 2.45) is 5.41 Å². The second-order valence-electron chi connectivity index (χ2n) is 11.2. The van der Waals surface area contributed by atoms with E-state index in [1.54, 1.807) is 74.9 Å². The van der Waals surface area contributed by atoms with E-state index in [1.807, 2.05) is 48.2 Å². The number of ether oxygens (including phenoxy) is 2. The number of ketones is 3. The van der Waals surface area contributed by atoms with Crippen LogP contribution in [-0.4, -0.2) is 43.7 Å². The minimum absolute atomic E-state index is 0.204. The number of nitrogens with zero attached hydrogens (tertiary/aromatic N) is 1. The molecule has 1 aliphatic carbocycles. The number of anilines is 1. The molecule has 1 spiro atoms. The van der Waals surface area contributed by atoms with E-state index in [-0.39, 0.29) is 17.3 Å². The number of fused-ring (bicyclic) bond motifs is 5. The number of Topliss-reactive ketones (excluding diaryl/α,β-unsaturated/α-hetero) is 3. The number of rotatable bonds is 5. The van der Waals surface area contributed by atoms with Crippen LogP contribution in [0.4, 0.5) is 5.69 Å². The van der Waals surface area contributed by atoms with Crippen molar-refractivity contribution < 1.29 is 23.9 Å². The van der Waals surface area contributed by atoms with Gasteiger partial charge < -0.3 is 14.4 Å². The van der Waals surface area contributed by atoms with Crippen LogP contribution >= 0.6 is 11.6 Å². The number of halogens is 1. The minimum Gasteiger partial charge on any atom is -0.497 e. The zero-order valence-corrected chi connectivity index (χ0v) is 24.6. The van der Waals surface area contributed by atoms with Crippen LogP contribution in [-0.2, 0) is 0 Å². The van der Waals surface area contributed by atoms with Gasteiger partial charge in [-0.1, -0.05) is 77.8 Å². The van der Waals surface area contributed by atoms with Crippen LogP contribution in [0.25, 0.3) is 6.08 Å². The fraction of sp³-hybridized carbons (Fsp3) is 0.194. The van der Waals surface area contributed by atoms with Crippen LogP contribution in [0.1, 0.15) is 53.7 Å². The topological polar surface area (TPSA) is 72.9 Å². The molecule has 3 aliphatic rings. The molecule has 1 fully saturated rings. The molecule has 0 amide bonds. The Bertz CT molecular complexity index is 1830. The summed E-state index contributed by atoms with van der Waals surface area (Å²) in [5.74, 6) is -0.753. The maximum absolute atomic E-state index is 14.9. The molecule has 2 aliphatic heterocycles. The first-order chi connectivity index (χ1) is 20.8. The predicted molar refractivity (Wildman–Crippen MR) is 166 cm³/mol. The molecule has 7 rings (SSSR count). The Labute approximate surface area is 254 Å².